The van der Waals surface area contributed by atoms with Gasteiger partial charge in [0.25, 0.3) is 5.56 Å². The molecule has 1 atom stereocenters. The normalized spacial score (nSPS) is 12.1. The lowest BCUT2D eigenvalue weighted by atomic mass is 10.0. The number of hydrogen-bond donors (Lipinski definition) is 1. The second-order valence-corrected chi connectivity index (χ2v) is 6.69. The van der Waals surface area contributed by atoms with Crippen LogP contribution in [0.5, 0.6) is 5.75 Å². The number of nitrogens with zero attached hydrogens (tertiary/aromatic N) is 4. The van der Waals surface area contributed by atoms with E-state index in [1.807, 2.05) is 24.3 Å². The van der Waals surface area contributed by atoms with Gasteiger partial charge in [0.15, 0.2) is 23.2 Å². The minimum absolute atomic E-state index is 0.0280. The molecule has 7 nitrogen and oxygen atoms in total. The van der Waals surface area contributed by atoms with Crippen molar-refractivity contribution in [1.82, 2.24) is 19.7 Å². The van der Waals surface area contributed by atoms with Gasteiger partial charge in [0.2, 0.25) is 0 Å². The molecule has 0 fully saturated rings. The third kappa shape index (κ3) is 3.64. The Morgan fingerprint density at radius 1 is 1.14 bits per heavy atom. The summed E-state index contributed by atoms with van der Waals surface area (Å²) in [6, 6.07) is 9.65. The standard InChI is InChI=1S/C21H17FN4O3/c1-12-6-19(29-25-12)16-8-18(22)21(28)26(11-16)13(2)14-4-3-5-15(7-14)20-23-9-17(27)10-24-20/h3-11,13,27H,1-2H3. The van der Waals surface area contributed by atoms with Crippen molar-refractivity contribution in [1.29, 1.82) is 0 Å². The third-order valence-electron chi connectivity index (χ3n) is 4.59. The van der Waals surface area contributed by atoms with Gasteiger partial charge >= 0.3 is 0 Å². The van der Waals surface area contributed by atoms with E-state index >= 15 is 0 Å². The van der Waals surface area contributed by atoms with Crippen LogP contribution in [0.15, 0.2) is 64.3 Å². The smallest absolute Gasteiger partial charge is 0.287 e. The summed E-state index contributed by atoms with van der Waals surface area (Å²) < 4.78 is 20.9. The maximum Gasteiger partial charge on any atom is 0.287 e. The number of benzene rings is 1. The topological polar surface area (TPSA) is 94.0 Å². The molecule has 1 N–H and O–H groups in total. The molecule has 0 amide bonds. The summed E-state index contributed by atoms with van der Waals surface area (Å²) in [5.74, 6) is -0.0870. The first-order chi connectivity index (χ1) is 13.9. The van der Waals surface area contributed by atoms with Gasteiger partial charge in [-0.3, -0.25) is 4.79 Å². The highest BCUT2D eigenvalue weighted by Crippen LogP contribution is 2.25. The highest BCUT2D eigenvalue weighted by Gasteiger charge is 2.17. The van der Waals surface area contributed by atoms with Gasteiger partial charge in [0.05, 0.1) is 24.1 Å². The van der Waals surface area contributed by atoms with E-state index in [-0.39, 0.29) is 5.75 Å². The fraction of sp³-hybridized carbons (Fsp3) is 0.143. The number of halogens is 1. The number of rotatable bonds is 4. The lowest BCUT2D eigenvalue weighted by Gasteiger charge is -2.17. The summed E-state index contributed by atoms with van der Waals surface area (Å²) in [5, 5.41) is 13.2. The number of aryl methyl sites for hydroxylation is 1. The second-order valence-electron chi connectivity index (χ2n) is 6.69. The summed E-state index contributed by atoms with van der Waals surface area (Å²) in [6.45, 7) is 3.56. The molecule has 1 aromatic carbocycles. The van der Waals surface area contributed by atoms with Gasteiger partial charge in [-0.25, -0.2) is 14.4 Å². The van der Waals surface area contributed by atoms with Crippen LogP contribution in [0.4, 0.5) is 4.39 Å². The van der Waals surface area contributed by atoms with Crippen molar-refractivity contribution in [2.45, 2.75) is 19.9 Å². The van der Waals surface area contributed by atoms with E-state index in [0.717, 1.165) is 11.6 Å². The van der Waals surface area contributed by atoms with E-state index in [2.05, 4.69) is 15.1 Å². The summed E-state index contributed by atoms with van der Waals surface area (Å²) >= 11 is 0. The summed E-state index contributed by atoms with van der Waals surface area (Å²) in [7, 11) is 0. The van der Waals surface area contributed by atoms with Crippen LogP contribution >= 0.6 is 0 Å². The molecule has 0 aliphatic heterocycles. The average molecular weight is 392 g/mol. The molecule has 1 unspecified atom stereocenters. The molecular weight excluding hydrogens is 375 g/mol. The van der Waals surface area contributed by atoms with Crippen LogP contribution in [0.3, 0.4) is 0 Å². The van der Waals surface area contributed by atoms with Crippen LogP contribution in [-0.4, -0.2) is 24.8 Å². The molecule has 0 radical (unpaired) electrons. The molecule has 0 saturated heterocycles. The number of aromatic hydroxyl groups is 1. The molecule has 3 heterocycles. The lowest BCUT2D eigenvalue weighted by Crippen LogP contribution is -2.26. The van der Waals surface area contributed by atoms with Crippen molar-refractivity contribution in [3.05, 3.63) is 82.4 Å². The molecule has 0 bridgehead atoms. The predicted molar refractivity (Wildman–Crippen MR) is 104 cm³/mol. The molecule has 3 aromatic heterocycles. The molecule has 4 aromatic rings. The SMILES string of the molecule is Cc1cc(-c2cc(F)c(=O)n(C(C)c3cccc(-c4ncc(O)cn4)c3)c2)on1. The molecular formula is C21H17FN4O3. The van der Waals surface area contributed by atoms with Crippen LogP contribution in [0.2, 0.25) is 0 Å². The Morgan fingerprint density at radius 3 is 2.59 bits per heavy atom. The van der Waals surface area contributed by atoms with E-state index < -0.39 is 17.4 Å². The Labute approximate surface area is 165 Å². The molecule has 29 heavy (non-hydrogen) atoms. The Hall–Kier alpha value is -3.81. The zero-order valence-electron chi connectivity index (χ0n) is 15.7. The number of aromatic nitrogens is 4. The van der Waals surface area contributed by atoms with Crippen LogP contribution in [0, 0.1) is 12.7 Å². The molecule has 146 valence electrons. The maximum absolute atomic E-state index is 14.4. The van der Waals surface area contributed by atoms with Gasteiger partial charge in [0, 0.05) is 23.4 Å². The first kappa shape index (κ1) is 18.5. The van der Waals surface area contributed by atoms with Crippen molar-refractivity contribution < 1.29 is 14.0 Å². The van der Waals surface area contributed by atoms with Crippen LogP contribution in [-0.2, 0) is 0 Å². The Balaban J connectivity index is 1.75. The largest absolute Gasteiger partial charge is 0.505 e. The Kier molecular flexibility index (Phi) is 4.67. The minimum atomic E-state index is -0.874. The van der Waals surface area contributed by atoms with Crippen LogP contribution < -0.4 is 5.56 Å². The molecule has 0 saturated carbocycles. The van der Waals surface area contributed by atoms with Crippen LogP contribution in [0.1, 0.15) is 24.2 Å². The van der Waals surface area contributed by atoms with Gasteiger partial charge in [-0.2, -0.15) is 0 Å². The van der Waals surface area contributed by atoms with E-state index in [1.54, 1.807) is 26.1 Å². The second kappa shape index (κ2) is 7.31. The molecule has 0 aliphatic carbocycles. The van der Waals surface area contributed by atoms with Gasteiger partial charge in [-0.05, 0) is 31.5 Å². The van der Waals surface area contributed by atoms with Crippen molar-refractivity contribution in [3.8, 4) is 28.5 Å². The van der Waals surface area contributed by atoms with Crippen molar-refractivity contribution in [2.24, 2.45) is 0 Å². The van der Waals surface area contributed by atoms with Crippen LogP contribution in [0.25, 0.3) is 22.7 Å². The molecule has 0 aliphatic rings. The Morgan fingerprint density at radius 2 is 1.90 bits per heavy atom. The quantitative estimate of drug-likeness (QED) is 0.569. The van der Waals surface area contributed by atoms with Crippen molar-refractivity contribution in [2.75, 3.05) is 0 Å². The van der Waals surface area contributed by atoms with E-state index in [9.17, 15) is 14.3 Å². The summed E-state index contributed by atoms with van der Waals surface area (Å²) in [6.07, 6.45) is 4.17. The predicted octanol–water partition coefficient (Wildman–Crippen LogP) is 3.72. The maximum atomic E-state index is 14.4. The van der Waals surface area contributed by atoms with Gasteiger partial charge in [-0.1, -0.05) is 23.4 Å². The van der Waals surface area contributed by atoms with Gasteiger partial charge in [0.1, 0.15) is 0 Å². The third-order valence-corrected chi connectivity index (χ3v) is 4.59. The molecule has 0 spiro atoms. The molecule has 8 heteroatoms. The van der Waals surface area contributed by atoms with E-state index in [1.165, 1.54) is 17.0 Å². The summed E-state index contributed by atoms with van der Waals surface area (Å²) in [5.41, 5.74) is 1.83. The monoisotopic (exact) mass is 392 g/mol. The van der Waals surface area contributed by atoms with Gasteiger partial charge < -0.3 is 14.2 Å². The zero-order valence-corrected chi connectivity index (χ0v) is 15.7. The van der Waals surface area contributed by atoms with E-state index in [4.69, 9.17) is 4.52 Å². The fourth-order valence-corrected chi connectivity index (χ4v) is 3.06. The summed E-state index contributed by atoms with van der Waals surface area (Å²) in [4.78, 5) is 20.7. The first-order valence-electron chi connectivity index (χ1n) is 8.89. The highest BCUT2D eigenvalue weighted by molar-refractivity contribution is 5.57. The van der Waals surface area contributed by atoms with Crippen molar-refractivity contribution in [3.63, 3.8) is 0 Å². The minimum Gasteiger partial charge on any atom is -0.505 e. The average Bonchev–Trinajstić information content (AvgIpc) is 3.16. The lowest BCUT2D eigenvalue weighted by molar-refractivity contribution is 0.425. The van der Waals surface area contributed by atoms with E-state index in [0.29, 0.717) is 28.4 Å². The Bertz CT molecular complexity index is 1230. The highest BCUT2D eigenvalue weighted by atomic mass is 19.1. The molecule has 4 rings (SSSR count). The zero-order chi connectivity index (χ0) is 20.5. The first-order valence-corrected chi connectivity index (χ1v) is 8.89. The fourth-order valence-electron chi connectivity index (χ4n) is 3.06. The van der Waals surface area contributed by atoms with Gasteiger partial charge in [-0.15, -0.1) is 0 Å². The van der Waals surface area contributed by atoms with Crippen molar-refractivity contribution >= 4 is 0 Å². The number of hydrogen-bond acceptors (Lipinski definition) is 6. The number of pyridine rings is 1.